The van der Waals surface area contributed by atoms with Crippen LogP contribution < -0.4 is 5.84 Å². The molecule has 0 atom stereocenters. The predicted octanol–water partition coefficient (Wildman–Crippen LogP) is 3.07. The molecule has 0 aliphatic carbocycles. The number of rotatable bonds is 0. The van der Waals surface area contributed by atoms with Crippen molar-refractivity contribution in [3.63, 3.8) is 0 Å². The molecule has 1 aliphatic heterocycles. The molecule has 0 spiro atoms. The molecule has 5 heteroatoms. The molecule has 0 saturated heterocycles. The van der Waals surface area contributed by atoms with Crippen LogP contribution in [0.4, 0.5) is 4.39 Å². The van der Waals surface area contributed by atoms with Crippen molar-refractivity contribution < 1.29 is 4.39 Å². The summed E-state index contributed by atoms with van der Waals surface area (Å²) in [6, 6.07) is 12.3. The molecule has 0 amide bonds. The first-order valence-corrected chi connectivity index (χ1v) is 6.81. The average Bonchev–Trinajstić information content (AvgIpc) is 2.62. The zero-order valence-corrected chi connectivity index (χ0v) is 11.2. The van der Waals surface area contributed by atoms with Gasteiger partial charge in [-0.15, -0.1) is 0 Å². The van der Waals surface area contributed by atoms with Crippen molar-refractivity contribution in [2.75, 3.05) is 0 Å². The highest BCUT2D eigenvalue weighted by Gasteiger charge is 2.21. The van der Waals surface area contributed by atoms with E-state index in [1.807, 2.05) is 12.1 Å². The minimum atomic E-state index is -0.322. The molecule has 0 aromatic heterocycles. The second-order valence-corrected chi connectivity index (χ2v) is 5.47. The molecule has 0 unspecified atom stereocenters. The molecular formula is C15H10FN3S. The maximum Gasteiger partial charge on any atom is 0.123 e. The summed E-state index contributed by atoms with van der Waals surface area (Å²) >= 11 is 1.51. The predicted molar refractivity (Wildman–Crippen MR) is 76.1 cm³/mol. The summed E-state index contributed by atoms with van der Waals surface area (Å²) in [6.07, 6.45) is 0.430. The maximum atomic E-state index is 13.5. The van der Waals surface area contributed by atoms with E-state index in [1.165, 1.54) is 23.9 Å². The molecule has 2 aromatic rings. The lowest BCUT2D eigenvalue weighted by atomic mass is 9.98. The quantitative estimate of drug-likeness (QED) is 0.597. The highest BCUT2D eigenvalue weighted by molar-refractivity contribution is 7.99. The van der Waals surface area contributed by atoms with E-state index in [-0.39, 0.29) is 5.82 Å². The third-order valence-electron chi connectivity index (χ3n) is 3.23. The zero-order valence-electron chi connectivity index (χ0n) is 10.4. The first kappa shape index (κ1) is 12.7. The Labute approximate surface area is 119 Å². The van der Waals surface area contributed by atoms with Gasteiger partial charge in [-0.2, -0.15) is 10.4 Å². The molecule has 2 aromatic carbocycles. The van der Waals surface area contributed by atoms with E-state index in [0.29, 0.717) is 23.3 Å². The fraction of sp³-hybridized carbons (Fsp3) is 0.0667. The van der Waals surface area contributed by atoms with Crippen LogP contribution in [0.3, 0.4) is 0 Å². The summed E-state index contributed by atoms with van der Waals surface area (Å²) in [5.74, 6) is 5.14. The van der Waals surface area contributed by atoms with Gasteiger partial charge in [0.1, 0.15) is 5.82 Å². The Morgan fingerprint density at radius 1 is 1.25 bits per heavy atom. The third kappa shape index (κ3) is 2.04. The van der Waals surface area contributed by atoms with Crippen LogP contribution in [-0.2, 0) is 6.42 Å². The van der Waals surface area contributed by atoms with Gasteiger partial charge in [-0.25, -0.2) is 4.39 Å². The van der Waals surface area contributed by atoms with E-state index in [9.17, 15) is 9.65 Å². The third-order valence-corrected chi connectivity index (χ3v) is 4.40. The van der Waals surface area contributed by atoms with Crippen LogP contribution in [0.25, 0.3) is 0 Å². The maximum absolute atomic E-state index is 13.5. The summed E-state index contributed by atoms with van der Waals surface area (Å²) < 4.78 is 13.5. The van der Waals surface area contributed by atoms with Crippen molar-refractivity contribution in [3.8, 4) is 6.07 Å². The second kappa shape index (κ2) is 4.99. The molecular weight excluding hydrogens is 273 g/mol. The summed E-state index contributed by atoms with van der Waals surface area (Å²) in [6.45, 7) is 0. The van der Waals surface area contributed by atoms with Gasteiger partial charge in [-0.05, 0) is 35.9 Å². The molecule has 0 saturated carbocycles. The number of hydrogen-bond donors (Lipinski definition) is 1. The molecule has 3 nitrogen and oxygen atoms in total. The van der Waals surface area contributed by atoms with Crippen LogP contribution in [0.5, 0.6) is 0 Å². The van der Waals surface area contributed by atoms with Crippen molar-refractivity contribution in [1.82, 2.24) is 0 Å². The van der Waals surface area contributed by atoms with Crippen molar-refractivity contribution >= 4 is 17.5 Å². The molecule has 20 heavy (non-hydrogen) atoms. The minimum absolute atomic E-state index is 0.322. The van der Waals surface area contributed by atoms with E-state index in [0.717, 1.165) is 15.4 Å². The van der Waals surface area contributed by atoms with Gasteiger partial charge >= 0.3 is 0 Å². The SMILES string of the molecule is N#Cc1cccc2c1CC(=NN)c1cc(F)ccc1S2. The molecule has 2 N–H and O–H groups in total. The van der Waals surface area contributed by atoms with Gasteiger partial charge in [0.15, 0.2) is 0 Å². The van der Waals surface area contributed by atoms with Crippen LogP contribution in [0.15, 0.2) is 51.3 Å². The van der Waals surface area contributed by atoms with Gasteiger partial charge in [-0.3, -0.25) is 0 Å². The molecule has 1 aliphatic rings. The lowest BCUT2D eigenvalue weighted by Gasteiger charge is -2.06. The summed E-state index contributed by atoms with van der Waals surface area (Å²) in [5, 5.41) is 13.0. The van der Waals surface area contributed by atoms with Crippen LogP contribution in [-0.4, -0.2) is 5.71 Å². The van der Waals surface area contributed by atoms with Crippen LogP contribution in [0.2, 0.25) is 0 Å². The van der Waals surface area contributed by atoms with E-state index in [1.54, 1.807) is 12.1 Å². The lowest BCUT2D eigenvalue weighted by Crippen LogP contribution is -2.09. The number of halogens is 1. The van der Waals surface area contributed by atoms with E-state index >= 15 is 0 Å². The number of hydrogen-bond acceptors (Lipinski definition) is 4. The largest absolute Gasteiger partial charge is 0.323 e. The molecule has 0 radical (unpaired) electrons. The highest BCUT2D eigenvalue weighted by atomic mass is 32.2. The summed E-state index contributed by atoms with van der Waals surface area (Å²) in [5.41, 5.74) is 2.77. The zero-order chi connectivity index (χ0) is 14.1. The van der Waals surface area contributed by atoms with Gasteiger partial charge in [0, 0.05) is 21.8 Å². The van der Waals surface area contributed by atoms with Crippen LogP contribution in [0, 0.1) is 17.1 Å². The second-order valence-electron chi connectivity index (χ2n) is 4.39. The lowest BCUT2D eigenvalue weighted by molar-refractivity contribution is 0.626. The Kier molecular flexibility index (Phi) is 3.17. The molecule has 1 heterocycles. The van der Waals surface area contributed by atoms with Gasteiger partial charge in [0.25, 0.3) is 0 Å². The number of nitrogens with zero attached hydrogens (tertiary/aromatic N) is 2. The standard InChI is InChI=1S/C15H10FN3S/c16-10-4-5-15-12(6-10)13(19-18)7-11-9(8-17)2-1-3-14(11)20-15/h1-6H,7,18H2. The van der Waals surface area contributed by atoms with Gasteiger partial charge < -0.3 is 5.84 Å². The first-order valence-electron chi connectivity index (χ1n) is 5.99. The highest BCUT2D eigenvalue weighted by Crippen LogP contribution is 2.38. The van der Waals surface area contributed by atoms with Crippen molar-refractivity contribution in [1.29, 1.82) is 5.26 Å². The Balaban J connectivity index is 2.24. The first-order chi connectivity index (χ1) is 9.72. The van der Waals surface area contributed by atoms with Crippen molar-refractivity contribution in [2.45, 2.75) is 16.2 Å². The normalized spacial score (nSPS) is 15.1. The Hall–Kier alpha value is -2.32. The fourth-order valence-corrected chi connectivity index (χ4v) is 3.37. The number of nitrogens with two attached hydrogens (primary N) is 1. The summed E-state index contributed by atoms with van der Waals surface area (Å²) in [4.78, 5) is 1.87. The molecule has 0 bridgehead atoms. The van der Waals surface area contributed by atoms with Crippen LogP contribution >= 0.6 is 11.8 Å². The van der Waals surface area contributed by atoms with Crippen LogP contribution in [0.1, 0.15) is 16.7 Å². The van der Waals surface area contributed by atoms with Gasteiger partial charge in [0.2, 0.25) is 0 Å². The topological polar surface area (TPSA) is 62.2 Å². The number of nitriles is 1. The van der Waals surface area contributed by atoms with Gasteiger partial charge in [-0.1, -0.05) is 17.8 Å². The molecule has 0 fully saturated rings. The molecule has 3 rings (SSSR count). The molecule has 98 valence electrons. The van der Waals surface area contributed by atoms with Crippen molar-refractivity contribution in [3.05, 3.63) is 58.9 Å². The van der Waals surface area contributed by atoms with Gasteiger partial charge in [0.05, 0.1) is 17.3 Å². The smallest absolute Gasteiger partial charge is 0.123 e. The Morgan fingerprint density at radius 2 is 2.10 bits per heavy atom. The number of fused-ring (bicyclic) bond motifs is 2. The van der Waals surface area contributed by atoms with E-state index in [4.69, 9.17) is 5.84 Å². The van der Waals surface area contributed by atoms with Crippen molar-refractivity contribution in [2.24, 2.45) is 10.9 Å². The fourth-order valence-electron chi connectivity index (χ4n) is 2.26. The summed E-state index contributed by atoms with van der Waals surface area (Å²) in [7, 11) is 0. The Bertz CT molecular complexity index is 762. The van der Waals surface area contributed by atoms with E-state index < -0.39 is 0 Å². The number of hydrazone groups is 1. The Morgan fingerprint density at radius 3 is 2.85 bits per heavy atom. The average molecular weight is 283 g/mol. The van der Waals surface area contributed by atoms with E-state index in [2.05, 4.69) is 11.2 Å². The number of benzene rings is 2. The minimum Gasteiger partial charge on any atom is -0.323 e. The monoisotopic (exact) mass is 283 g/mol.